The smallest absolute Gasteiger partial charge is 0.255 e. The number of anilines is 5. The highest BCUT2D eigenvalue weighted by molar-refractivity contribution is 6.04. The van der Waals surface area contributed by atoms with E-state index >= 15 is 0 Å². The van der Waals surface area contributed by atoms with Gasteiger partial charge < -0.3 is 25.4 Å². The summed E-state index contributed by atoms with van der Waals surface area (Å²) in [6, 6.07) is 19.9. The molecule has 34 heavy (non-hydrogen) atoms. The Bertz CT molecular complexity index is 1280. The molecule has 172 valence electrons. The summed E-state index contributed by atoms with van der Waals surface area (Å²) in [5, 5.41) is 9.32. The molecule has 2 heterocycles. The van der Waals surface area contributed by atoms with Crippen molar-refractivity contribution >= 4 is 34.7 Å². The molecule has 2 aromatic carbocycles. The number of carbonyl (C=O) groups is 1. The molecule has 2 aromatic heterocycles. The number of amides is 1. The number of ether oxygens (including phenoxy) is 2. The number of pyridine rings is 1. The van der Waals surface area contributed by atoms with Gasteiger partial charge >= 0.3 is 0 Å². The van der Waals surface area contributed by atoms with Crippen molar-refractivity contribution in [1.29, 1.82) is 0 Å². The minimum absolute atomic E-state index is 0.252. The Morgan fingerprint density at radius 2 is 1.47 bits per heavy atom. The number of carbonyl (C=O) groups excluding carboxylic acids is 1. The first-order valence-corrected chi connectivity index (χ1v) is 10.5. The van der Waals surface area contributed by atoms with Gasteiger partial charge in [-0.05, 0) is 61.5 Å². The minimum atomic E-state index is -0.252. The van der Waals surface area contributed by atoms with E-state index in [1.807, 2.05) is 49.4 Å². The molecular formula is C25H24N6O3. The number of methoxy groups -OCH3 is 2. The average molecular weight is 457 g/mol. The van der Waals surface area contributed by atoms with Gasteiger partial charge in [0, 0.05) is 46.6 Å². The van der Waals surface area contributed by atoms with Gasteiger partial charge in [0.05, 0.1) is 14.2 Å². The maximum atomic E-state index is 12.5. The fraction of sp³-hybridized carbons (Fsp3) is 0.120. The van der Waals surface area contributed by atoms with Crippen LogP contribution in [0.1, 0.15) is 16.1 Å². The van der Waals surface area contributed by atoms with E-state index in [1.165, 1.54) is 13.3 Å². The molecule has 0 saturated carbocycles. The summed E-state index contributed by atoms with van der Waals surface area (Å²) in [5.74, 6) is 2.03. The third kappa shape index (κ3) is 5.77. The number of aryl methyl sites for hydroxylation is 1. The molecule has 0 unspecified atom stereocenters. The highest BCUT2D eigenvalue weighted by Gasteiger charge is 2.09. The molecule has 0 aliphatic carbocycles. The van der Waals surface area contributed by atoms with Crippen molar-refractivity contribution in [1.82, 2.24) is 15.0 Å². The number of hydrogen-bond acceptors (Lipinski definition) is 8. The van der Waals surface area contributed by atoms with Gasteiger partial charge in [-0.25, -0.2) is 9.97 Å². The molecule has 0 aliphatic heterocycles. The maximum absolute atomic E-state index is 12.5. The fourth-order valence-corrected chi connectivity index (χ4v) is 3.14. The van der Waals surface area contributed by atoms with Gasteiger partial charge in [-0.15, -0.1) is 0 Å². The van der Waals surface area contributed by atoms with E-state index in [4.69, 9.17) is 9.47 Å². The standard InChI is InChI=1S/C25H24N6O3/c1-16-14-22(28-18-8-10-21(33-2)11-9-18)31-25(27-16)30-20-6-4-19(5-7-20)29-24(32)17-12-13-26-23(15-17)34-3/h4-15H,1-3H3,(H,29,32)(H2,27,28,30,31). The zero-order valence-corrected chi connectivity index (χ0v) is 19.0. The number of nitrogens with one attached hydrogen (secondary N) is 3. The zero-order chi connectivity index (χ0) is 23.9. The number of aromatic nitrogens is 3. The van der Waals surface area contributed by atoms with Crippen molar-refractivity contribution in [3.8, 4) is 11.6 Å². The maximum Gasteiger partial charge on any atom is 0.255 e. The third-order valence-electron chi connectivity index (χ3n) is 4.82. The Balaban J connectivity index is 1.42. The van der Waals surface area contributed by atoms with Crippen LogP contribution < -0.4 is 25.4 Å². The molecule has 0 spiro atoms. The van der Waals surface area contributed by atoms with Crippen LogP contribution in [0.3, 0.4) is 0 Å². The molecule has 0 radical (unpaired) electrons. The van der Waals surface area contributed by atoms with Crippen LogP contribution in [0.5, 0.6) is 11.6 Å². The van der Waals surface area contributed by atoms with Crippen molar-refractivity contribution in [2.75, 3.05) is 30.2 Å². The summed E-state index contributed by atoms with van der Waals surface area (Å²) in [6.45, 7) is 1.90. The van der Waals surface area contributed by atoms with Gasteiger partial charge in [0.2, 0.25) is 11.8 Å². The molecule has 0 bridgehead atoms. The van der Waals surface area contributed by atoms with Crippen LogP contribution in [0, 0.1) is 6.92 Å². The van der Waals surface area contributed by atoms with Crippen LogP contribution in [0.2, 0.25) is 0 Å². The lowest BCUT2D eigenvalue weighted by atomic mass is 10.2. The van der Waals surface area contributed by atoms with E-state index in [1.54, 1.807) is 31.4 Å². The normalized spacial score (nSPS) is 10.3. The highest BCUT2D eigenvalue weighted by Crippen LogP contribution is 2.22. The lowest BCUT2D eigenvalue weighted by Gasteiger charge is -2.11. The SMILES string of the molecule is COc1ccc(Nc2cc(C)nc(Nc3ccc(NC(=O)c4ccnc(OC)c4)cc3)n2)cc1. The summed E-state index contributed by atoms with van der Waals surface area (Å²) >= 11 is 0. The van der Waals surface area contributed by atoms with E-state index in [-0.39, 0.29) is 5.91 Å². The molecular weight excluding hydrogens is 432 g/mol. The van der Waals surface area contributed by atoms with Gasteiger partial charge in [-0.1, -0.05) is 0 Å². The number of hydrogen-bond donors (Lipinski definition) is 3. The van der Waals surface area contributed by atoms with Crippen molar-refractivity contribution in [3.63, 3.8) is 0 Å². The first-order valence-electron chi connectivity index (χ1n) is 10.5. The Kier molecular flexibility index (Phi) is 6.83. The molecule has 3 N–H and O–H groups in total. The second kappa shape index (κ2) is 10.3. The van der Waals surface area contributed by atoms with Crippen molar-refractivity contribution in [2.45, 2.75) is 6.92 Å². The molecule has 4 aromatic rings. The Morgan fingerprint density at radius 1 is 0.794 bits per heavy atom. The van der Waals surface area contributed by atoms with Crippen molar-refractivity contribution in [3.05, 3.63) is 84.2 Å². The van der Waals surface area contributed by atoms with Crippen LogP contribution >= 0.6 is 0 Å². The first-order chi connectivity index (χ1) is 16.5. The monoisotopic (exact) mass is 456 g/mol. The van der Waals surface area contributed by atoms with Crippen molar-refractivity contribution in [2.24, 2.45) is 0 Å². The van der Waals surface area contributed by atoms with Gasteiger partial charge in [0.25, 0.3) is 5.91 Å². The molecule has 0 aliphatic rings. The lowest BCUT2D eigenvalue weighted by molar-refractivity contribution is 0.102. The molecule has 0 saturated heterocycles. The van der Waals surface area contributed by atoms with Gasteiger partial charge in [0.1, 0.15) is 11.6 Å². The lowest BCUT2D eigenvalue weighted by Crippen LogP contribution is -2.12. The number of rotatable bonds is 8. The highest BCUT2D eigenvalue weighted by atomic mass is 16.5. The molecule has 1 amide bonds. The molecule has 0 fully saturated rings. The summed E-state index contributed by atoms with van der Waals surface area (Å²) in [4.78, 5) is 25.5. The van der Waals surface area contributed by atoms with E-state index in [2.05, 4.69) is 30.9 Å². The zero-order valence-electron chi connectivity index (χ0n) is 19.0. The summed E-state index contributed by atoms with van der Waals surface area (Å²) < 4.78 is 10.3. The molecule has 9 heteroatoms. The van der Waals surface area contributed by atoms with E-state index < -0.39 is 0 Å². The van der Waals surface area contributed by atoms with E-state index in [0.717, 1.165) is 22.8 Å². The second-order valence-electron chi connectivity index (χ2n) is 7.32. The topological polar surface area (TPSA) is 110 Å². The van der Waals surface area contributed by atoms with Crippen LogP contribution in [0.25, 0.3) is 0 Å². The van der Waals surface area contributed by atoms with Crippen LogP contribution in [0.4, 0.5) is 28.8 Å². The summed E-state index contributed by atoms with van der Waals surface area (Å²) in [6.07, 6.45) is 1.53. The molecule has 4 rings (SSSR count). The van der Waals surface area contributed by atoms with E-state index in [0.29, 0.717) is 28.9 Å². The van der Waals surface area contributed by atoms with Gasteiger partial charge in [0.15, 0.2) is 0 Å². The first kappa shape index (κ1) is 22.5. The van der Waals surface area contributed by atoms with Crippen LogP contribution in [0.15, 0.2) is 72.9 Å². The van der Waals surface area contributed by atoms with Gasteiger partial charge in [-0.2, -0.15) is 4.98 Å². The quantitative estimate of drug-likeness (QED) is 0.342. The Hall–Kier alpha value is -4.66. The average Bonchev–Trinajstić information content (AvgIpc) is 2.85. The van der Waals surface area contributed by atoms with Gasteiger partial charge in [-0.3, -0.25) is 4.79 Å². The second-order valence-corrected chi connectivity index (χ2v) is 7.32. The summed E-state index contributed by atoms with van der Waals surface area (Å²) in [7, 11) is 3.14. The number of nitrogens with zero attached hydrogens (tertiary/aromatic N) is 3. The Labute approximate surface area is 197 Å². The molecule has 0 atom stereocenters. The number of benzene rings is 2. The Morgan fingerprint density at radius 3 is 2.18 bits per heavy atom. The van der Waals surface area contributed by atoms with Crippen molar-refractivity contribution < 1.29 is 14.3 Å². The van der Waals surface area contributed by atoms with Crippen LogP contribution in [-0.2, 0) is 0 Å². The largest absolute Gasteiger partial charge is 0.497 e. The summed E-state index contributed by atoms with van der Waals surface area (Å²) in [5.41, 5.74) is 3.59. The third-order valence-corrected chi connectivity index (χ3v) is 4.82. The predicted octanol–water partition coefficient (Wildman–Crippen LogP) is 4.94. The van der Waals surface area contributed by atoms with Crippen LogP contribution in [-0.4, -0.2) is 35.1 Å². The molecule has 9 nitrogen and oxygen atoms in total. The minimum Gasteiger partial charge on any atom is -0.497 e. The fourth-order valence-electron chi connectivity index (χ4n) is 3.14. The predicted molar refractivity (Wildman–Crippen MR) is 132 cm³/mol. The van der Waals surface area contributed by atoms with E-state index in [9.17, 15) is 4.79 Å².